The van der Waals surface area contributed by atoms with E-state index in [0.29, 0.717) is 5.82 Å². The van der Waals surface area contributed by atoms with E-state index in [-0.39, 0.29) is 0 Å². The minimum atomic E-state index is 0.649. The first-order valence-corrected chi connectivity index (χ1v) is 6.83. The molecule has 6 heteroatoms. The molecule has 0 atom stereocenters. The van der Waals surface area contributed by atoms with Crippen LogP contribution in [0.2, 0.25) is 0 Å². The number of imidazole rings is 1. The van der Waals surface area contributed by atoms with Gasteiger partial charge in [0, 0.05) is 18.0 Å². The lowest BCUT2D eigenvalue weighted by Gasteiger charge is -2.05. The van der Waals surface area contributed by atoms with Crippen molar-refractivity contribution in [2.75, 3.05) is 5.32 Å². The second-order valence-corrected chi connectivity index (χ2v) is 4.71. The summed E-state index contributed by atoms with van der Waals surface area (Å²) in [6.45, 7) is 0. The molecule has 0 radical (unpaired) electrons. The SMILES string of the molecule is c1ccc(-c2ccc3ncc(Nc4cnccn4)n3n2)cc1. The number of anilines is 2. The maximum atomic E-state index is 4.65. The molecule has 0 unspecified atom stereocenters. The fourth-order valence-corrected chi connectivity index (χ4v) is 2.22. The van der Waals surface area contributed by atoms with E-state index in [9.17, 15) is 0 Å². The molecule has 0 saturated heterocycles. The Labute approximate surface area is 126 Å². The molecule has 4 rings (SSSR count). The Balaban J connectivity index is 1.77. The van der Waals surface area contributed by atoms with Crippen molar-refractivity contribution < 1.29 is 0 Å². The number of nitrogens with one attached hydrogen (secondary N) is 1. The number of fused-ring (bicyclic) bond motifs is 1. The number of benzene rings is 1. The monoisotopic (exact) mass is 288 g/mol. The van der Waals surface area contributed by atoms with E-state index in [2.05, 4.69) is 25.4 Å². The summed E-state index contributed by atoms with van der Waals surface area (Å²) in [4.78, 5) is 12.6. The van der Waals surface area contributed by atoms with Gasteiger partial charge in [0.1, 0.15) is 5.82 Å². The van der Waals surface area contributed by atoms with Crippen molar-refractivity contribution in [3.05, 3.63) is 67.3 Å². The lowest BCUT2D eigenvalue weighted by Crippen LogP contribution is -2.01. The fourth-order valence-electron chi connectivity index (χ4n) is 2.22. The molecular weight excluding hydrogens is 276 g/mol. The van der Waals surface area contributed by atoms with E-state index >= 15 is 0 Å². The second kappa shape index (κ2) is 5.25. The Morgan fingerprint density at radius 1 is 0.864 bits per heavy atom. The van der Waals surface area contributed by atoms with E-state index in [4.69, 9.17) is 0 Å². The minimum Gasteiger partial charge on any atom is -0.322 e. The van der Waals surface area contributed by atoms with Gasteiger partial charge in [0.15, 0.2) is 11.5 Å². The summed E-state index contributed by atoms with van der Waals surface area (Å²) in [6, 6.07) is 13.9. The lowest BCUT2D eigenvalue weighted by molar-refractivity contribution is 0.946. The maximum Gasteiger partial charge on any atom is 0.155 e. The zero-order valence-corrected chi connectivity index (χ0v) is 11.6. The number of hydrogen-bond donors (Lipinski definition) is 1. The molecule has 4 aromatic rings. The maximum absolute atomic E-state index is 4.65. The Kier molecular flexibility index (Phi) is 2.97. The van der Waals surface area contributed by atoms with Crippen LogP contribution in [0.4, 0.5) is 11.6 Å². The van der Waals surface area contributed by atoms with Crippen molar-refractivity contribution >= 4 is 17.3 Å². The molecule has 0 amide bonds. The predicted octanol–water partition coefficient (Wildman–Crippen LogP) is 2.93. The molecule has 0 aliphatic rings. The van der Waals surface area contributed by atoms with Crippen LogP contribution in [0.5, 0.6) is 0 Å². The summed E-state index contributed by atoms with van der Waals surface area (Å²) in [5.41, 5.74) is 2.71. The van der Waals surface area contributed by atoms with Gasteiger partial charge in [-0.2, -0.15) is 9.61 Å². The van der Waals surface area contributed by atoms with E-state index in [1.54, 1.807) is 29.3 Å². The largest absolute Gasteiger partial charge is 0.322 e. The van der Waals surface area contributed by atoms with Gasteiger partial charge < -0.3 is 5.32 Å². The average molecular weight is 288 g/mol. The van der Waals surface area contributed by atoms with Crippen molar-refractivity contribution in [1.29, 1.82) is 0 Å². The standard InChI is InChI=1S/C16H12N6/c1-2-4-12(5-3-1)13-6-7-15-19-11-16(22(15)21-13)20-14-10-17-8-9-18-14/h1-11H,(H,18,20). The molecule has 0 bridgehead atoms. The van der Waals surface area contributed by atoms with Gasteiger partial charge in [0.25, 0.3) is 0 Å². The van der Waals surface area contributed by atoms with Crippen molar-refractivity contribution in [2.45, 2.75) is 0 Å². The molecule has 3 heterocycles. The summed E-state index contributed by atoms with van der Waals surface area (Å²) >= 11 is 0. The number of rotatable bonds is 3. The van der Waals surface area contributed by atoms with Gasteiger partial charge >= 0.3 is 0 Å². The zero-order chi connectivity index (χ0) is 14.8. The van der Waals surface area contributed by atoms with Crippen LogP contribution in [0.1, 0.15) is 0 Å². The van der Waals surface area contributed by atoms with Crippen LogP contribution in [-0.2, 0) is 0 Å². The molecule has 3 aromatic heterocycles. The second-order valence-electron chi connectivity index (χ2n) is 4.71. The topological polar surface area (TPSA) is 68.0 Å². The smallest absolute Gasteiger partial charge is 0.155 e. The molecule has 0 fully saturated rings. The van der Waals surface area contributed by atoms with Crippen molar-refractivity contribution in [1.82, 2.24) is 24.6 Å². The van der Waals surface area contributed by atoms with Crippen LogP contribution in [0.25, 0.3) is 16.9 Å². The molecular formula is C16H12N6. The van der Waals surface area contributed by atoms with Gasteiger partial charge in [0.2, 0.25) is 0 Å². The zero-order valence-electron chi connectivity index (χ0n) is 11.6. The summed E-state index contributed by atoms with van der Waals surface area (Å²) in [5.74, 6) is 1.39. The van der Waals surface area contributed by atoms with Crippen LogP contribution < -0.4 is 5.32 Å². The Bertz CT molecular complexity index is 902. The first kappa shape index (κ1) is 12.5. The minimum absolute atomic E-state index is 0.649. The summed E-state index contributed by atoms with van der Waals surface area (Å²) in [6.07, 6.45) is 6.64. The van der Waals surface area contributed by atoms with Crippen molar-refractivity contribution in [3.8, 4) is 11.3 Å². The normalized spacial score (nSPS) is 10.7. The van der Waals surface area contributed by atoms with E-state index < -0.39 is 0 Å². The predicted molar refractivity (Wildman–Crippen MR) is 83.7 cm³/mol. The molecule has 0 saturated carbocycles. The highest BCUT2D eigenvalue weighted by Crippen LogP contribution is 2.20. The highest BCUT2D eigenvalue weighted by atomic mass is 15.3. The average Bonchev–Trinajstić information content (AvgIpc) is 2.99. The van der Waals surface area contributed by atoms with Gasteiger partial charge in [0.05, 0.1) is 18.1 Å². The van der Waals surface area contributed by atoms with Gasteiger partial charge in [-0.05, 0) is 12.1 Å². The Morgan fingerprint density at radius 3 is 2.59 bits per heavy atom. The summed E-state index contributed by atoms with van der Waals surface area (Å²) in [5, 5.41) is 7.81. The fraction of sp³-hybridized carbons (Fsp3) is 0. The van der Waals surface area contributed by atoms with Gasteiger partial charge in [-0.3, -0.25) is 4.98 Å². The highest BCUT2D eigenvalue weighted by Gasteiger charge is 2.07. The van der Waals surface area contributed by atoms with E-state index in [0.717, 1.165) is 22.7 Å². The number of aromatic nitrogens is 5. The van der Waals surface area contributed by atoms with Crippen molar-refractivity contribution in [2.24, 2.45) is 0 Å². The molecule has 106 valence electrons. The molecule has 6 nitrogen and oxygen atoms in total. The van der Waals surface area contributed by atoms with Crippen LogP contribution in [0.3, 0.4) is 0 Å². The molecule has 0 aliphatic heterocycles. The summed E-state index contributed by atoms with van der Waals surface area (Å²) < 4.78 is 1.76. The Morgan fingerprint density at radius 2 is 1.77 bits per heavy atom. The Hall–Kier alpha value is -3.28. The highest BCUT2D eigenvalue weighted by molar-refractivity contribution is 5.62. The van der Waals surface area contributed by atoms with Gasteiger partial charge in [-0.1, -0.05) is 30.3 Å². The molecule has 22 heavy (non-hydrogen) atoms. The molecule has 0 spiro atoms. The molecule has 0 aliphatic carbocycles. The molecule has 1 aromatic carbocycles. The lowest BCUT2D eigenvalue weighted by atomic mass is 10.1. The van der Waals surface area contributed by atoms with E-state index in [1.165, 1.54) is 0 Å². The third-order valence-electron chi connectivity index (χ3n) is 3.25. The third-order valence-corrected chi connectivity index (χ3v) is 3.25. The van der Waals surface area contributed by atoms with Crippen LogP contribution in [0.15, 0.2) is 67.3 Å². The van der Waals surface area contributed by atoms with Crippen LogP contribution in [0, 0.1) is 0 Å². The summed E-state index contributed by atoms with van der Waals surface area (Å²) in [7, 11) is 0. The third kappa shape index (κ3) is 2.26. The number of hydrogen-bond acceptors (Lipinski definition) is 5. The number of nitrogens with zero attached hydrogens (tertiary/aromatic N) is 5. The quantitative estimate of drug-likeness (QED) is 0.627. The van der Waals surface area contributed by atoms with Crippen LogP contribution in [-0.4, -0.2) is 24.6 Å². The van der Waals surface area contributed by atoms with Gasteiger partial charge in [-0.15, -0.1) is 0 Å². The van der Waals surface area contributed by atoms with E-state index in [1.807, 2.05) is 42.5 Å². The molecule has 1 N–H and O–H groups in total. The first-order chi connectivity index (χ1) is 10.9. The van der Waals surface area contributed by atoms with Crippen molar-refractivity contribution in [3.63, 3.8) is 0 Å². The van der Waals surface area contributed by atoms with Gasteiger partial charge in [-0.25, -0.2) is 9.97 Å². The first-order valence-electron chi connectivity index (χ1n) is 6.83. The van der Waals surface area contributed by atoms with Crippen LogP contribution >= 0.6 is 0 Å².